The van der Waals surface area contributed by atoms with Gasteiger partial charge in [-0.2, -0.15) is 0 Å². The predicted octanol–water partition coefficient (Wildman–Crippen LogP) is 3.74. The first-order valence-corrected chi connectivity index (χ1v) is 12.4. The van der Waals surface area contributed by atoms with Gasteiger partial charge in [0.25, 0.3) is 5.91 Å². The van der Waals surface area contributed by atoms with Crippen LogP contribution in [0.5, 0.6) is 5.75 Å². The molecule has 2 heterocycles. The maximum Gasteiger partial charge on any atom is 0.254 e. The second-order valence-corrected chi connectivity index (χ2v) is 8.82. The molecule has 8 nitrogen and oxygen atoms in total. The molecule has 1 saturated heterocycles. The third-order valence-corrected chi connectivity index (χ3v) is 6.39. The number of methoxy groups -OCH3 is 1. The van der Waals surface area contributed by atoms with Crippen LogP contribution in [0.3, 0.4) is 0 Å². The minimum atomic E-state index is -0.0950. The molecule has 0 N–H and O–H groups in total. The first-order valence-electron chi connectivity index (χ1n) is 12.4. The molecule has 0 saturated carbocycles. The van der Waals surface area contributed by atoms with Gasteiger partial charge in [0.15, 0.2) is 5.82 Å². The molecule has 3 aromatic rings. The number of unbranched alkanes of at least 4 members (excludes halogenated alkanes) is 1. The maximum atomic E-state index is 13.1. The van der Waals surface area contributed by atoms with E-state index in [4.69, 9.17) is 4.74 Å². The minimum absolute atomic E-state index is 0.0190. The van der Waals surface area contributed by atoms with Crippen LogP contribution in [0.2, 0.25) is 0 Å². The average molecular weight is 488 g/mol. The number of benzene rings is 2. The van der Waals surface area contributed by atoms with E-state index in [0.717, 1.165) is 35.7 Å². The van der Waals surface area contributed by atoms with Gasteiger partial charge in [-0.25, -0.2) is 0 Å². The van der Waals surface area contributed by atoms with Crippen molar-refractivity contribution in [3.8, 4) is 17.0 Å². The van der Waals surface area contributed by atoms with Crippen molar-refractivity contribution in [1.29, 1.82) is 0 Å². The predicted molar refractivity (Wildman–Crippen MR) is 140 cm³/mol. The summed E-state index contributed by atoms with van der Waals surface area (Å²) in [5.74, 6) is 1.45. The van der Waals surface area contributed by atoms with E-state index in [1.54, 1.807) is 24.1 Å². The number of hydrogen-bond donors (Lipinski definition) is 0. The molecule has 2 aromatic carbocycles. The van der Waals surface area contributed by atoms with Crippen LogP contribution in [0.4, 0.5) is 5.82 Å². The summed E-state index contributed by atoms with van der Waals surface area (Å²) in [4.78, 5) is 31.7. The van der Waals surface area contributed by atoms with Gasteiger partial charge in [0.1, 0.15) is 12.3 Å². The fourth-order valence-electron chi connectivity index (χ4n) is 4.24. The van der Waals surface area contributed by atoms with E-state index in [2.05, 4.69) is 22.0 Å². The summed E-state index contributed by atoms with van der Waals surface area (Å²) in [5.41, 5.74) is 2.34. The molecule has 1 fully saturated rings. The highest BCUT2D eigenvalue weighted by Gasteiger charge is 2.25. The van der Waals surface area contributed by atoms with E-state index >= 15 is 0 Å². The number of nitrogens with zero attached hydrogens (tertiary/aromatic N) is 5. The maximum absolute atomic E-state index is 13.1. The molecule has 0 atom stereocenters. The Morgan fingerprint density at radius 3 is 2.39 bits per heavy atom. The highest BCUT2D eigenvalue weighted by atomic mass is 16.5. The zero-order valence-electron chi connectivity index (χ0n) is 21.0. The summed E-state index contributed by atoms with van der Waals surface area (Å²) in [6.45, 7) is 5.26. The second-order valence-electron chi connectivity index (χ2n) is 8.82. The highest BCUT2D eigenvalue weighted by molar-refractivity contribution is 5.96. The van der Waals surface area contributed by atoms with Crippen LogP contribution >= 0.6 is 0 Å². The van der Waals surface area contributed by atoms with Gasteiger partial charge in [0, 0.05) is 43.9 Å². The van der Waals surface area contributed by atoms with Gasteiger partial charge >= 0.3 is 0 Å². The van der Waals surface area contributed by atoms with Crippen molar-refractivity contribution < 1.29 is 14.3 Å². The van der Waals surface area contributed by atoms with Crippen LogP contribution in [0.1, 0.15) is 30.1 Å². The molecular formula is C28H33N5O3. The van der Waals surface area contributed by atoms with Gasteiger partial charge in [-0.05, 0) is 42.8 Å². The van der Waals surface area contributed by atoms with Gasteiger partial charge in [0.05, 0.1) is 12.8 Å². The number of piperazine rings is 1. The SMILES string of the molecule is CCCCN(CC(=O)N1CCN(c2ccc(-c3cccc(OC)c3)nn2)CC1)C(=O)c1ccccc1. The summed E-state index contributed by atoms with van der Waals surface area (Å²) >= 11 is 0. The Balaban J connectivity index is 1.34. The number of amides is 2. The molecule has 36 heavy (non-hydrogen) atoms. The van der Waals surface area contributed by atoms with E-state index in [9.17, 15) is 9.59 Å². The lowest BCUT2D eigenvalue weighted by Gasteiger charge is -2.36. The van der Waals surface area contributed by atoms with E-state index in [0.29, 0.717) is 38.3 Å². The molecule has 4 rings (SSSR count). The highest BCUT2D eigenvalue weighted by Crippen LogP contribution is 2.23. The van der Waals surface area contributed by atoms with Crippen molar-refractivity contribution in [3.63, 3.8) is 0 Å². The number of ether oxygens (including phenoxy) is 1. The van der Waals surface area contributed by atoms with Crippen molar-refractivity contribution in [2.75, 3.05) is 51.3 Å². The first-order chi connectivity index (χ1) is 17.6. The van der Waals surface area contributed by atoms with E-state index < -0.39 is 0 Å². The Kier molecular flexibility index (Phi) is 8.49. The largest absolute Gasteiger partial charge is 0.497 e. The number of anilines is 1. The van der Waals surface area contributed by atoms with E-state index in [-0.39, 0.29) is 18.4 Å². The third kappa shape index (κ3) is 6.19. The Morgan fingerprint density at radius 1 is 0.944 bits per heavy atom. The number of carbonyl (C=O) groups excluding carboxylic acids is 2. The average Bonchev–Trinajstić information content (AvgIpc) is 2.95. The Hall–Kier alpha value is -3.94. The van der Waals surface area contributed by atoms with Crippen LogP contribution in [0.25, 0.3) is 11.3 Å². The summed E-state index contributed by atoms with van der Waals surface area (Å²) in [6.07, 6.45) is 1.83. The Bertz CT molecular complexity index is 1150. The van der Waals surface area contributed by atoms with Gasteiger partial charge in [0.2, 0.25) is 5.91 Å². The summed E-state index contributed by atoms with van der Waals surface area (Å²) in [7, 11) is 1.64. The topological polar surface area (TPSA) is 78.9 Å². The Morgan fingerprint density at radius 2 is 1.72 bits per heavy atom. The lowest BCUT2D eigenvalue weighted by Crippen LogP contribution is -2.52. The van der Waals surface area contributed by atoms with Gasteiger partial charge in [-0.3, -0.25) is 9.59 Å². The Labute approximate surface area is 212 Å². The number of aromatic nitrogens is 2. The molecule has 2 amide bonds. The monoisotopic (exact) mass is 487 g/mol. The van der Waals surface area contributed by atoms with Gasteiger partial charge in [-0.15, -0.1) is 10.2 Å². The molecule has 188 valence electrons. The first kappa shape index (κ1) is 25.2. The van der Waals surface area contributed by atoms with Crippen LogP contribution < -0.4 is 9.64 Å². The van der Waals surface area contributed by atoms with Crippen molar-refractivity contribution in [3.05, 3.63) is 72.3 Å². The molecule has 1 aromatic heterocycles. The molecular weight excluding hydrogens is 454 g/mol. The smallest absolute Gasteiger partial charge is 0.254 e. The summed E-state index contributed by atoms with van der Waals surface area (Å²) in [6, 6.07) is 20.8. The van der Waals surface area contributed by atoms with Crippen molar-refractivity contribution >= 4 is 17.6 Å². The normalized spacial score (nSPS) is 13.4. The molecule has 0 spiro atoms. The zero-order valence-corrected chi connectivity index (χ0v) is 21.0. The summed E-state index contributed by atoms with van der Waals surface area (Å²) < 4.78 is 5.29. The molecule has 0 bridgehead atoms. The van der Waals surface area contributed by atoms with Crippen LogP contribution in [0.15, 0.2) is 66.7 Å². The lowest BCUT2D eigenvalue weighted by atomic mass is 10.1. The van der Waals surface area contributed by atoms with Crippen LogP contribution in [-0.2, 0) is 4.79 Å². The third-order valence-electron chi connectivity index (χ3n) is 6.39. The molecule has 0 radical (unpaired) electrons. The minimum Gasteiger partial charge on any atom is -0.497 e. The fraction of sp³-hybridized carbons (Fsp3) is 0.357. The van der Waals surface area contributed by atoms with Crippen molar-refractivity contribution in [2.45, 2.75) is 19.8 Å². The number of carbonyl (C=O) groups is 2. The molecule has 8 heteroatoms. The zero-order chi connectivity index (χ0) is 25.3. The summed E-state index contributed by atoms with van der Waals surface area (Å²) in [5, 5.41) is 8.82. The van der Waals surface area contributed by atoms with Crippen LogP contribution in [0, 0.1) is 0 Å². The van der Waals surface area contributed by atoms with E-state index in [1.807, 2.05) is 59.5 Å². The van der Waals surface area contributed by atoms with Gasteiger partial charge < -0.3 is 19.4 Å². The van der Waals surface area contributed by atoms with Crippen molar-refractivity contribution in [1.82, 2.24) is 20.0 Å². The number of hydrogen-bond acceptors (Lipinski definition) is 6. The van der Waals surface area contributed by atoms with Crippen LogP contribution in [-0.4, -0.2) is 78.2 Å². The van der Waals surface area contributed by atoms with Gasteiger partial charge in [-0.1, -0.05) is 43.7 Å². The molecule has 0 unspecified atom stereocenters. The number of rotatable bonds is 9. The molecule has 0 aliphatic carbocycles. The van der Waals surface area contributed by atoms with Crippen molar-refractivity contribution in [2.24, 2.45) is 0 Å². The molecule has 1 aliphatic heterocycles. The second kappa shape index (κ2) is 12.2. The van der Waals surface area contributed by atoms with E-state index in [1.165, 1.54) is 0 Å². The fourth-order valence-corrected chi connectivity index (χ4v) is 4.24. The molecule has 1 aliphatic rings. The lowest BCUT2D eigenvalue weighted by molar-refractivity contribution is -0.132. The standard InChI is InChI=1S/C28H33N5O3/c1-3-4-15-33(28(35)22-9-6-5-7-10-22)21-27(34)32-18-16-31(17-19-32)26-14-13-25(29-30-26)23-11-8-12-24(20-23)36-2/h5-14,20H,3-4,15-19,21H2,1-2H3. The quantitative estimate of drug-likeness (QED) is 0.458.